The maximum Gasteiger partial charge on any atom is 0.416 e. The van der Waals surface area contributed by atoms with Crippen LogP contribution in [0.25, 0.3) is 11.3 Å². The van der Waals surface area contributed by atoms with E-state index in [-0.39, 0.29) is 29.9 Å². The van der Waals surface area contributed by atoms with Gasteiger partial charge in [0.05, 0.1) is 22.7 Å². The standard InChI is InChI=1S/C30H25Cl2F3N8O3S/c31-23-13-21(14-24(32)15-23)26-16-27(43(39-26)17-18-1-3-20(4-2-18)28(44)36-29-37-40-41-38-29)19-9-11-42(12-10-19)47(45,46)25-7-5-22(6-8-25)30(33,34)35/h1-8,13-16,19H,9-12,17H2,(H2,36,37,38,40,41,44). The molecule has 1 amide bonds. The first-order valence-corrected chi connectivity index (χ1v) is 16.4. The summed E-state index contributed by atoms with van der Waals surface area (Å²) in [5.41, 5.74) is 2.51. The molecule has 2 N–H and O–H groups in total. The van der Waals surface area contributed by atoms with Crippen molar-refractivity contribution in [2.24, 2.45) is 0 Å². The molecule has 3 aromatic carbocycles. The molecule has 1 saturated heterocycles. The number of hydrogen-bond acceptors (Lipinski definition) is 7. The minimum Gasteiger partial charge on any atom is -0.288 e. The molecule has 0 aliphatic carbocycles. The van der Waals surface area contributed by atoms with E-state index in [0.29, 0.717) is 46.3 Å². The molecule has 0 spiro atoms. The number of rotatable bonds is 8. The van der Waals surface area contributed by atoms with Crippen molar-refractivity contribution in [3.63, 3.8) is 0 Å². The lowest BCUT2D eigenvalue weighted by molar-refractivity contribution is -0.137. The molecule has 17 heteroatoms. The van der Waals surface area contributed by atoms with Crippen molar-refractivity contribution in [2.45, 2.75) is 36.4 Å². The molecule has 0 bridgehead atoms. The second-order valence-electron chi connectivity index (χ2n) is 10.9. The summed E-state index contributed by atoms with van der Waals surface area (Å²) in [4.78, 5) is 12.3. The number of piperidine rings is 1. The molecule has 2 aromatic heterocycles. The quantitative estimate of drug-likeness (QED) is 0.195. The van der Waals surface area contributed by atoms with Crippen LogP contribution in [0.4, 0.5) is 19.1 Å². The van der Waals surface area contributed by atoms with Gasteiger partial charge in [-0.3, -0.25) is 14.8 Å². The first kappa shape index (κ1) is 32.6. The van der Waals surface area contributed by atoms with E-state index in [2.05, 4.69) is 25.9 Å². The number of tetrazole rings is 1. The van der Waals surface area contributed by atoms with Crippen LogP contribution >= 0.6 is 23.2 Å². The van der Waals surface area contributed by atoms with E-state index in [1.54, 1.807) is 42.5 Å². The number of hydrogen-bond donors (Lipinski definition) is 2. The summed E-state index contributed by atoms with van der Waals surface area (Å²) in [7, 11) is -4.00. The van der Waals surface area contributed by atoms with Gasteiger partial charge in [-0.2, -0.15) is 27.8 Å². The monoisotopic (exact) mass is 704 g/mol. The van der Waals surface area contributed by atoms with Gasteiger partial charge in [-0.25, -0.2) is 8.42 Å². The zero-order chi connectivity index (χ0) is 33.3. The van der Waals surface area contributed by atoms with Gasteiger partial charge in [0, 0.05) is 45.9 Å². The summed E-state index contributed by atoms with van der Waals surface area (Å²) in [5, 5.41) is 21.4. The molecule has 1 fully saturated rings. The lowest BCUT2D eigenvalue weighted by Gasteiger charge is -2.31. The van der Waals surface area contributed by atoms with Crippen LogP contribution in [-0.2, 0) is 22.7 Å². The molecule has 0 atom stereocenters. The van der Waals surface area contributed by atoms with Crippen LogP contribution in [0.1, 0.15) is 45.9 Å². The lowest BCUT2D eigenvalue weighted by atomic mass is 9.93. The van der Waals surface area contributed by atoms with Crippen LogP contribution in [-0.4, -0.2) is 62.1 Å². The smallest absolute Gasteiger partial charge is 0.288 e. The third kappa shape index (κ3) is 7.32. The number of H-pyrrole nitrogens is 1. The molecule has 0 radical (unpaired) electrons. The molecule has 0 unspecified atom stereocenters. The number of anilines is 1. The Hall–Kier alpha value is -4.31. The van der Waals surface area contributed by atoms with E-state index < -0.39 is 27.7 Å². The van der Waals surface area contributed by atoms with Gasteiger partial charge in [0.25, 0.3) is 11.9 Å². The highest BCUT2D eigenvalue weighted by molar-refractivity contribution is 7.89. The highest BCUT2D eigenvalue weighted by Crippen LogP contribution is 2.35. The Balaban J connectivity index is 1.22. The fourth-order valence-corrected chi connectivity index (χ4v) is 7.40. The fourth-order valence-electron chi connectivity index (χ4n) is 5.41. The van der Waals surface area contributed by atoms with E-state index in [1.165, 1.54) is 4.31 Å². The Kier molecular flexibility index (Phi) is 9.07. The van der Waals surface area contributed by atoms with Gasteiger partial charge >= 0.3 is 6.18 Å². The molecular weight excluding hydrogens is 680 g/mol. The number of alkyl halides is 3. The van der Waals surface area contributed by atoms with Gasteiger partial charge in [0.1, 0.15) is 0 Å². The summed E-state index contributed by atoms with van der Waals surface area (Å²) in [6, 6.07) is 17.5. The van der Waals surface area contributed by atoms with Crippen molar-refractivity contribution < 1.29 is 26.4 Å². The topological polar surface area (TPSA) is 139 Å². The van der Waals surface area contributed by atoms with Crippen LogP contribution in [0.3, 0.4) is 0 Å². The number of carbonyl (C=O) groups excluding carboxylic acids is 1. The maximum atomic E-state index is 13.3. The summed E-state index contributed by atoms with van der Waals surface area (Å²) >= 11 is 12.5. The Bertz CT molecular complexity index is 1980. The first-order valence-electron chi connectivity index (χ1n) is 14.2. The lowest BCUT2D eigenvalue weighted by Crippen LogP contribution is -2.38. The Morgan fingerprint density at radius 2 is 1.62 bits per heavy atom. The molecule has 244 valence electrons. The third-order valence-electron chi connectivity index (χ3n) is 7.78. The highest BCUT2D eigenvalue weighted by Gasteiger charge is 2.34. The number of sulfonamides is 1. The average molecular weight is 706 g/mol. The van der Waals surface area contributed by atoms with Crippen LogP contribution in [0, 0.1) is 0 Å². The third-order valence-corrected chi connectivity index (χ3v) is 10.1. The Morgan fingerprint density at radius 1 is 0.957 bits per heavy atom. The van der Waals surface area contributed by atoms with Crippen LogP contribution < -0.4 is 5.32 Å². The number of carbonyl (C=O) groups is 1. The molecular formula is C30H25Cl2F3N8O3S. The number of nitrogens with zero attached hydrogens (tertiary/aromatic N) is 6. The summed E-state index contributed by atoms with van der Waals surface area (Å²) in [6.45, 7) is 0.684. The first-order chi connectivity index (χ1) is 22.4. The minimum absolute atomic E-state index is 0.0483. The number of amides is 1. The van der Waals surface area contributed by atoms with Crippen LogP contribution in [0.5, 0.6) is 0 Å². The van der Waals surface area contributed by atoms with Crippen LogP contribution in [0.2, 0.25) is 10.0 Å². The van der Waals surface area contributed by atoms with Crippen molar-refractivity contribution in [3.05, 3.63) is 105 Å². The zero-order valence-corrected chi connectivity index (χ0v) is 26.6. The Morgan fingerprint density at radius 3 is 2.21 bits per heavy atom. The Labute approximate surface area is 276 Å². The van der Waals surface area contributed by atoms with E-state index in [1.807, 2.05) is 10.7 Å². The highest BCUT2D eigenvalue weighted by atomic mass is 35.5. The molecule has 3 heterocycles. The van der Waals surface area contributed by atoms with E-state index in [4.69, 9.17) is 28.3 Å². The largest absolute Gasteiger partial charge is 0.416 e. The minimum atomic E-state index is -4.56. The second kappa shape index (κ2) is 13.1. The molecule has 0 saturated carbocycles. The number of aromatic nitrogens is 6. The van der Waals surface area contributed by atoms with Gasteiger partial charge in [-0.15, -0.1) is 5.10 Å². The molecule has 11 nitrogen and oxygen atoms in total. The molecule has 5 aromatic rings. The predicted octanol–water partition coefficient (Wildman–Crippen LogP) is 6.26. The molecule has 1 aliphatic rings. The van der Waals surface area contributed by atoms with Gasteiger partial charge in [0.15, 0.2) is 0 Å². The number of aromatic amines is 1. The van der Waals surface area contributed by atoms with Gasteiger partial charge < -0.3 is 0 Å². The number of benzene rings is 3. The molecule has 1 aliphatic heterocycles. The summed E-state index contributed by atoms with van der Waals surface area (Å²) < 4.78 is 68.7. The number of nitrogens with one attached hydrogen (secondary N) is 2. The van der Waals surface area contributed by atoms with Crippen molar-refractivity contribution in [2.75, 3.05) is 18.4 Å². The fraction of sp³-hybridized carbons (Fsp3) is 0.233. The average Bonchev–Trinajstić information content (AvgIpc) is 3.71. The summed E-state index contributed by atoms with van der Waals surface area (Å²) in [5.74, 6) is -0.437. The maximum absolute atomic E-state index is 13.3. The van der Waals surface area contributed by atoms with Gasteiger partial charge in [-0.1, -0.05) is 40.4 Å². The van der Waals surface area contributed by atoms with E-state index >= 15 is 0 Å². The number of halogens is 5. The predicted molar refractivity (Wildman–Crippen MR) is 168 cm³/mol. The SMILES string of the molecule is O=C(Nc1nn[nH]n1)c1ccc(Cn2nc(-c3cc(Cl)cc(Cl)c3)cc2C2CCN(S(=O)(=O)c3ccc(C(F)(F)F)cc3)CC2)cc1. The van der Waals surface area contributed by atoms with E-state index in [0.717, 1.165) is 35.5 Å². The van der Waals surface area contributed by atoms with E-state index in [9.17, 15) is 26.4 Å². The molecule has 6 rings (SSSR count). The molecule has 47 heavy (non-hydrogen) atoms. The van der Waals surface area contributed by atoms with Crippen molar-refractivity contribution in [1.29, 1.82) is 0 Å². The summed E-state index contributed by atoms with van der Waals surface area (Å²) in [6.07, 6.45) is -3.65. The van der Waals surface area contributed by atoms with Gasteiger partial charge in [-0.05, 0) is 84.3 Å². The van der Waals surface area contributed by atoms with Crippen molar-refractivity contribution in [1.82, 2.24) is 34.7 Å². The van der Waals surface area contributed by atoms with Crippen molar-refractivity contribution >= 4 is 45.1 Å². The van der Waals surface area contributed by atoms with Crippen molar-refractivity contribution in [3.8, 4) is 11.3 Å². The zero-order valence-electron chi connectivity index (χ0n) is 24.2. The van der Waals surface area contributed by atoms with Gasteiger partial charge in [0.2, 0.25) is 10.0 Å². The normalized spacial score (nSPS) is 14.7. The second-order valence-corrected chi connectivity index (χ2v) is 13.7. The van der Waals surface area contributed by atoms with Crippen LogP contribution in [0.15, 0.2) is 77.7 Å².